The first kappa shape index (κ1) is 68.8. The standard InChI is InChI=1S/C77H122N4O9/c1-46(2)48-28-38-76(42-40-72(14)50(60(48)76)24-26-56-70(12)34-32-58(82)68(8,9)54(70)30-36-74(56,72)16)64(87)78-44-20-18-22-52(81-66(89)90-67(5,6)7)62(84)80-53(63(85)86)23-19-21-45-79-65(88)77-39-29-49(47(3)4)61(77)51-25-27-57-71(13)35-33-59(83)69(10,11)55(71)31-37-75(57,17)73(51,15)41-43-77/h48-57,60-61H,1,3,18-45H2,2,4-17H3,(H,78,87)(H,79,88)(H,80,84)(H,81,89)(H,85,86)/t48?,49?,50-,51+,52?,53?,54+,55-,56-,57+,60?,61?,70+,71-,72-,73+,74-,75+,76?,77?/m0/s1. The maximum absolute atomic E-state index is 15.0. The number of hydrogen-bond donors (Lipinski definition) is 5. The molecule has 10 aliphatic carbocycles. The summed E-state index contributed by atoms with van der Waals surface area (Å²) in [6, 6.07) is -2.29. The van der Waals surface area contributed by atoms with E-state index < -0.39 is 46.5 Å². The van der Waals surface area contributed by atoms with Crippen molar-refractivity contribution < 1.29 is 43.4 Å². The fraction of sp³-hybridized carbons (Fsp3) is 0.857. The van der Waals surface area contributed by atoms with E-state index in [9.17, 15) is 33.9 Å². The molecular weight excluding hydrogens is 1120 g/mol. The van der Waals surface area contributed by atoms with Gasteiger partial charge in [0, 0.05) is 36.8 Å². The lowest BCUT2D eigenvalue weighted by Crippen LogP contribution is -2.67. The van der Waals surface area contributed by atoms with Crippen LogP contribution in [0.3, 0.4) is 0 Å². The van der Waals surface area contributed by atoms with Gasteiger partial charge >= 0.3 is 12.1 Å². The lowest BCUT2D eigenvalue weighted by Gasteiger charge is -2.72. The molecule has 5 N–H and O–H groups in total. The van der Waals surface area contributed by atoms with Crippen LogP contribution >= 0.6 is 0 Å². The molecule has 10 aliphatic rings. The molecule has 504 valence electrons. The van der Waals surface area contributed by atoms with E-state index in [4.69, 9.17) is 4.74 Å². The van der Waals surface area contributed by atoms with Gasteiger partial charge < -0.3 is 31.1 Å². The summed E-state index contributed by atoms with van der Waals surface area (Å²) < 4.78 is 5.60. The van der Waals surface area contributed by atoms with Crippen molar-refractivity contribution in [2.45, 2.75) is 288 Å². The summed E-state index contributed by atoms with van der Waals surface area (Å²) in [6.07, 6.45) is 21.1. The summed E-state index contributed by atoms with van der Waals surface area (Å²) in [6.45, 7) is 43.7. The monoisotopic (exact) mass is 1250 g/mol. The smallest absolute Gasteiger partial charge is 0.408 e. The highest BCUT2D eigenvalue weighted by molar-refractivity contribution is 5.90. The molecule has 0 aromatic heterocycles. The molecule has 0 saturated heterocycles. The van der Waals surface area contributed by atoms with Gasteiger partial charge in [0.05, 0.1) is 10.8 Å². The number of ketones is 2. The third kappa shape index (κ3) is 10.8. The molecule has 10 rings (SSSR count). The minimum atomic E-state index is -1.21. The van der Waals surface area contributed by atoms with Gasteiger partial charge in [-0.2, -0.15) is 0 Å². The Morgan fingerprint density at radius 2 is 0.922 bits per heavy atom. The van der Waals surface area contributed by atoms with Gasteiger partial charge in [-0.15, -0.1) is 0 Å². The predicted octanol–water partition coefficient (Wildman–Crippen LogP) is 15.5. The fourth-order valence-electron chi connectivity index (χ4n) is 25.6. The van der Waals surface area contributed by atoms with E-state index in [1.807, 2.05) is 0 Å². The molecule has 0 bridgehead atoms. The Hall–Kier alpha value is -4.03. The van der Waals surface area contributed by atoms with Gasteiger partial charge in [0.2, 0.25) is 17.7 Å². The van der Waals surface area contributed by atoms with Crippen LogP contribution in [0.15, 0.2) is 24.3 Å². The van der Waals surface area contributed by atoms with Gasteiger partial charge in [-0.05, 0) is 280 Å². The molecule has 4 amide bonds. The van der Waals surface area contributed by atoms with Crippen LogP contribution in [-0.2, 0) is 33.5 Å². The third-order valence-corrected chi connectivity index (χ3v) is 30.6. The molecule has 0 aromatic rings. The second-order valence-electron chi connectivity index (χ2n) is 36.1. The van der Waals surface area contributed by atoms with Crippen LogP contribution in [0, 0.1) is 113 Å². The SMILES string of the molecule is C=C(C)C1CCC2(C(=O)NCCCCC(NC(=O)C(CCCCNC(=O)C34CCC(C(=C)C)C3[C@@H]3CC[C@H]5[C@]6(C)CCC(=O)C(C)(C)[C@H]6CC[C@]5(C)[C@@]3(C)CC4)NC(=O)OC(C)(C)C)C(=O)O)CC[C@]3(C)[C@H](CC[C@@H]4[C@@]5(C)CCC(=O)C(C)(C)[C@@H]5CC[C@]43C)C12. The number of ether oxygens (including phenoxy) is 1. The number of alkyl carbamates (subject to hydrolysis) is 1. The number of rotatable bonds is 18. The van der Waals surface area contributed by atoms with Gasteiger partial charge in [-0.3, -0.25) is 24.0 Å². The zero-order valence-electron chi connectivity index (χ0n) is 58.9. The van der Waals surface area contributed by atoms with Crippen LogP contribution in [0.4, 0.5) is 4.79 Å². The zero-order valence-corrected chi connectivity index (χ0v) is 58.9. The highest BCUT2D eigenvalue weighted by Crippen LogP contribution is 2.80. The number of nitrogens with one attached hydrogen (secondary N) is 4. The van der Waals surface area contributed by atoms with Crippen molar-refractivity contribution in [3.63, 3.8) is 0 Å². The number of amides is 4. The lowest BCUT2D eigenvalue weighted by molar-refractivity contribution is -0.233. The molecule has 13 heteroatoms. The average molecular weight is 1250 g/mol. The number of carbonyl (C=O) groups excluding carboxylic acids is 6. The number of fused-ring (bicyclic) bond motifs is 14. The van der Waals surface area contributed by atoms with Crippen LogP contribution in [0.1, 0.15) is 271 Å². The Labute approximate surface area is 542 Å². The quantitative estimate of drug-likeness (QED) is 0.0655. The summed E-state index contributed by atoms with van der Waals surface area (Å²) >= 11 is 0. The van der Waals surface area contributed by atoms with E-state index in [2.05, 4.69) is 118 Å². The Bertz CT molecular complexity index is 2870. The number of carboxylic acids is 1. The Morgan fingerprint density at radius 1 is 0.511 bits per heavy atom. The van der Waals surface area contributed by atoms with E-state index in [0.29, 0.717) is 98.7 Å². The van der Waals surface area contributed by atoms with Crippen molar-refractivity contribution in [1.82, 2.24) is 21.3 Å². The van der Waals surface area contributed by atoms with Crippen molar-refractivity contribution in [1.29, 1.82) is 0 Å². The Morgan fingerprint density at radius 3 is 1.31 bits per heavy atom. The second-order valence-corrected chi connectivity index (χ2v) is 36.1. The van der Waals surface area contributed by atoms with E-state index in [1.165, 1.54) is 11.1 Å². The fourth-order valence-corrected chi connectivity index (χ4v) is 25.6. The zero-order chi connectivity index (χ0) is 66.0. The number of allylic oxidation sites excluding steroid dienone is 2. The molecule has 10 saturated carbocycles. The van der Waals surface area contributed by atoms with Crippen molar-refractivity contribution in [3.05, 3.63) is 24.3 Å². The maximum Gasteiger partial charge on any atom is 0.408 e. The molecule has 0 radical (unpaired) electrons. The van der Waals surface area contributed by atoms with Crippen molar-refractivity contribution in [2.75, 3.05) is 13.1 Å². The second kappa shape index (κ2) is 24.0. The van der Waals surface area contributed by atoms with Gasteiger partial charge in [0.25, 0.3) is 0 Å². The molecular formula is C77H122N4O9. The van der Waals surface area contributed by atoms with Gasteiger partial charge in [0.15, 0.2) is 0 Å². The summed E-state index contributed by atoms with van der Waals surface area (Å²) in [5.41, 5.74) is 0.487. The highest BCUT2D eigenvalue weighted by atomic mass is 16.6. The van der Waals surface area contributed by atoms with Gasteiger partial charge in [-0.1, -0.05) is 93.5 Å². The minimum Gasteiger partial charge on any atom is -0.480 e. The van der Waals surface area contributed by atoms with Crippen LogP contribution < -0.4 is 21.3 Å². The van der Waals surface area contributed by atoms with Crippen molar-refractivity contribution >= 4 is 41.4 Å². The summed E-state index contributed by atoms with van der Waals surface area (Å²) in [7, 11) is 0. The molecule has 0 spiro atoms. The summed E-state index contributed by atoms with van der Waals surface area (Å²) in [5, 5.41) is 22.8. The highest BCUT2D eigenvalue weighted by Gasteiger charge is 2.74. The minimum absolute atomic E-state index is 0.0552. The molecule has 0 heterocycles. The number of carboxylic acid groups (broad SMARTS) is 1. The molecule has 13 nitrogen and oxygen atoms in total. The predicted molar refractivity (Wildman–Crippen MR) is 354 cm³/mol. The molecule has 0 aromatic carbocycles. The largest absolute Gasteiger partial charge is 0.480 e. The number of aliphatic carboxylic acids is 1. The number of unbranched alkanes of at least 4 members (excludes halogenated alkanes) is 2. The van der Waals surface area contributed by atoms with Crippen LogP contribution in [-0.4, -0.2) is 77.2 Å². The van der Waals surface area contributed by atoms with Gasteiger partial charge in [-0.25, -0.2) is 9.59 Å². The van der Waals surface area contributed by atoms with E-state index in [0.717, 1.165) is 116 Å². The summed E-state index contributed by atoms with van der Waals surface area (Å²) in [5.74, 6) is 2.90. The van der Waals surface area contributed by atoms with Crippen LogP contribution in [0.25, 0.3) is 0 Å². The van der Waals surface area contributed by atoms with Crippen molar-refractivity contribution in [3.8, 4) is 0 Å². The topological polar surface area (TPSA) is 197 Å². The van der Waals surface area contributed by atoms with Gasteiger partial charge in [0.1, 0.15) is 29.3 Å². The first-order valence-corrected chi connectivity index (χ1v) is 36.3. The maximum atomic E-state index is 15.0. The molecule has 90 heavy (non-hydrogen) atoms. The average Bonchev–Trinajstić information content (AvgIpc) is 1.02. The normalized spacial score (nSPS) is 42.7. The lowest BCUT2D eigenvalue weighted by atomic mass is 9.32. The number of carbonyl (C=O) groups is 7. The Balaban J connectivity index is 0.739. The molecule has 20 atom stereocenters. The number of Topliss-reactive ketones (excluding diaryl/α,β-unsaturated/α-hetero) is 2. The van der Waals surface area contributed by atoms with E-state index >= 15 is 4.79 Å². The first-order chi connectivity index (χ1) is 41.9. The Kier molecular flexibility index (Phi) is 18.4. The first-order valence-electron chi connectivity index (χ1n) is 36.3. The van der Waals surface area contributed by atoms with Crippen LogP contribution in [0.5, 0.6) is 0 Å². The molecule has 8 unspecified atom stereocenters. The van der Waals surface area contributed by atoms with E-state index in [-0.39, 0.29) is 91.6 Å². The van der Waals surface area contributed by atoms with Crippen LogP contribution in [0.2, 0.25) is 0 Å². The molecule has 0 aliphatic heterocycles. The summed E-state index contributed by atoms with van der Waals surface area (Å²) in [4.78, 5) is 97.0. The van der Waals surface area contributed by atoms with Crippen molar-refractivity contribution in [2.24, 2.45) is 113 Å². The van der Waals surface area contributed by atoms with E-state index in [1.54, 1.807) is 20.8 Å². The third-order valence-electron chi connectivity index (χ3n) is 30.6. The number of hydrogen-bond acceptors (Lipinski definition) is 8. The molecule has 10 fully saturated rings.